The van der Waals surface area contributed by atoms with Crippen LogP contribution in [0.5, 0.6) is 0 Å². The molecule has 1 atom stereocenters. The maximum atomic E-state index is 10.3. The van der Waals surface area contributed by atoms with E-state index in [1.165, 1.54) is 0 Å². The minimum absolute atomic E-state index is 0. The van der Waals surface area contributed by atoms with Gasteiger partial charge in [0.15, 0.2) is 0 Å². The molecule has 1 N–H and O–H groups in total. The Morgan fingerprint density at radius 2 is 2.29 bits per heavy atom. The third-order valence-corrected chi connectivity index (χ3v) is 2.67. The lowest BCUT2D eigenvalue weighted by atomic mass is 10.2. The Hall–Kier alpha value is -0.320. The lowest BCUT2D eigenvalue weighted by molar-refractivity contribution is -0.137. The number of nitrogens with zero attached hydrogens (tertiary/aromatic N) is 2. The summed E-state index contributed by atoms with van der Waals surface area (Å²) in [5, 5.41) is 8.52. The maximum Gasteiger partial charge on any atom is 0.304 e. The van der Waals surface area contributed by atoms with Gasteiger partial charge < -0.3 is 14.9 Å². The van der Waals surface area contributed by atoms with Crippen molar-refractivity contribution >= 4 is 18.4 Å². The quantitative estimate of drug-likeness (QED) is 0.753. The fourth-order valence-electron chi connectivity index (χ4n) is 1.73. The first-order chi connectivity index (χ1) is 6.09. The smallest absolute Gasteiger partial charge is 0.304 e. The van der Waals surface area contributed by atoms with Crippen LogP contribution < -0.4 is 0 Å². The highest BCUT2D eigenvalue weighted by Gasteiger charge is 2.22. The molecule has 0 spiro atoms. The van der Waals surface area contributed by atoms with Crippen molar-refractivity contribution in [2.45, 2.75) is 18.9 Å². The molecular weight excluding hydrogens is 204 g/mol. The molecule has 1 unspecified atom stereocenters. The van der Waals surface area contributed by atoms with Gasteiger partial charge >= 0.3 is 5.97 Å². The molecule has 0 aromatic rings. The van der Waals surface area contributed by atoms with E-state index in [0.717, 1.165) is 19.5 Å². The molecule has 0 aromatic carbocycles. The summed E-state index contributed by atoms with van der Waals surface area (Å²) in [6.45, 7) is 2.85. The first-order valence-electron chi connectivity index (χ1n) is 4.70. The third-order valence-electron chi connectivity index (χ3n) is 2.67. The number of hydrogen-bond acceptors (Lipinski definition) is 3. The van der Waals surface area contributed by atoms with Crippen molar-refractivity contribution < 1.29 is 9.90 Å². The maximum absolute atomic E-state index is 10.3. The molecule has 1 rings (SSSR count). The summed E-state index contributed by atoms with van der Waals surface area (Å²) in [7, 11) is 4.11. The summed E-state index contributed by atoms with van der Waals surface area (Å²) in [6, 6.07) is 0.546. The van der Waals surface area contributed by atoms with Gasteiger partial charge in [-0.3, -0.25) is 4.79 Å². The molecule has 1 fully saturated rings. The largest absolute Gasteiger partial charge is 0.481 e. The van der Waals surface area contributed by atoms with Gasteiger partial charge in [-0.15, -0.1) is 12.4 Å². The Labute approximate surface area is 91.3 Å². The molecule has 1 aliphatic rings. The van der Waals surface area contributed by atoms with Crippen LogP contribution in [0.25, 0.3) is 0 Å². The molecule has 1 aliphatic heterocycles. The van der Waals surface area contributed by atoms with E-state index < -0.39 is 5.97 Å². The first kappa shape index (κ1) is 13.7. The van der Waals surface area contributed by atoms with Gasteiger partial charge in [0.2, 0.25) is 0 Å². The summed E-state index contributed by atoms with van der Waals surface area (Å²) in [6.07, 6.45) is 1.41. The Bertz CT molecular complexity index is 190. The van der Waals surface area contributed by atoms with Crippen LogP contribution in [0.2, 0.25) is 0 Å². The third kappa shape index (κ3) is 4.26. The number of hydrogen-bond donors (Lipinski definition) is 1. The van der Waals surface area contributed by atoms with E-state index in [2.05, 4.69) is 16.8 Å². The van der Waals surface area contributed by atoms with Crippen molar-refractivity contribution in [3.05, 3.63) is 0 Å². The van der Waals surface area contributed by atoms with Gasteiger partial charge in [0.1, 0.15) is 0 Å². The van der Waals surface area contributed by atoms with Gasteiger partial charge in [0, 0.05) is 19.1 Å². The predicted octanol–water partition coefficient (Wildman–Crippen LogP) is 0.519. The molecular formula is C9H19ClN2O2. The van der Waals surface area contributed by atoms with Crippen molar-refractivity contribution in [1.29, 1.82) is 0 Å². The summed E-state index contributed by atoms with van der Waals surface area (Å²) in [5.41, 5.74) is 0. The lowest BCUT2D eigenvalue weighted by Gasteiger charge is -2.23. The zero-order valence-electron chi connectivity index (χ0n) is 8.77. The van der Waals surface area contributed by atoms with Crippen molar-refractivity contribution in [3.8, 4) is 0 Å². The molecule has 0 aromatic heterocycles. The minimum Gasteiger partial charge on any atom is -0.481 e. The molecule has 0 amide bonds. The second kappa shape index (κ2) is 6.22. The Morgan fingerprint density at radius 1 is 1.64 bits per heavy atom. The topological polar surface area (TPSA) is 43.8 Å². The SMILES string of the molecule is CN1CCC(N(C)CCC(=O)O)C1.Cl. The molecule has 0 aliphatic carbocycles. The highest BCUT2D eigenvalue weighted by molar-refractivity contribution is 5.85. The van der Waals surface area contributed by atoms with Crippen LogP contribution in [0.15, 0.2) is 0 Å². The zero-order chi connectivity index (χ0) is 9.84. The first-order valence-corrected chi connectivity index (χ1v) is 4.70. The van der Waals surface area contributed by atoms with Crippen LogP contribution in [0.4, 0.5) is 0 Å². The fourth-order valence-corrected chi connectivity index (χ4v) is 1.73. The normalized spacial score (nSPS) is 22.4. The van der Waals surface area contributed by atoms with E-state index in [1.54, 1.807) is 0 Å². The number of carboxylic acids is 1. The van der Waals surface area contributed by atoms with E-state index in [-0.39, 0.29) is 18.8 Å². The highest BCUT2D eigenvalue weighted by atomic mass is 35.5. The van der Waals surface area contributed by atoms with Gasteiger partial charge in [0.05, 0.1) is 6.42 Å². The van der Waals surface area contributed by atoms with Gasteiger partial charge in [-0.05, 0) is 27.1 Å². The molecule has 5 heteroatoms. The molecule has 84 valence electrons. The van der Waals surface area contributed by atoms with E-state index in [9.17, 15) is 4.79 Å². The van der Waals surface area contributed by atoms with Crippen molar-refractivity contribution in [3.63, 3.8) is 0 Å². The van der Waals surface area contributed by atoms with Crippen LogP contribution >= 0.6 is 12.4 Å². The van der Waals surface area contributed by atoms with E-state index in [4.69, 9.17) is 5.11 Å². The van der Waals surface area contributed by atoms with E-state index in [0.29, 0.717) is 12.6 Å². The second-order valence-electron chi connectivity index (χ2n) is 3.83. The Morgan fingerprint density at radius 3 is 2.71 bits per heavy atom. The summed E-state index contributed by atoms with van der Waals surface area (Å²) in [5.74, 6) is -0.710. The molecule has 0 radical (unpaired) electrons. The standard InChI is InChI=1S/C9H18N2O2.ClH/c1-10-5-3-8(7-10)11(2)6-4-9(12)13;/h8H,3-7H2,1-2H3,(H,12,13);1H. The number of carboxylic acid groups (broad SMARTS) is 1. The minimum atomic E-state index is -0.710. The molecule has 0 bridgehead atoms. The number of halogens is 1. The Kier molecular flexibility index (Phi) is 6.08. The Balaban J connectivity index is 0.00000169. The van der Waals surface area contributed by atoms with E-state index in [1.807, 2.05) is 7.05 Å². The van der Waals surface area contributed by atoms with Crippen LogP contribution in [0.3, 0.4) is 0 Å². The van der Waals surface area contributed by atoms with Gasteiger partial charge in [-0.1, -0.05) is 0 Å². The van der Waals surface area contributed by atoms with Gasteiger partial charge in [-0.25, -0.2) is 0 Å². The van der Waals surface area contributed by atoms with Crippen LogP contribution in [-0.2, 0) is 4.79 Å². The summed E-state index contributed by atoms with van der Waals surface area (Å²) < 4.78 is 0. The molecule has 0 saturated carbocycles. The number of aliphatic carboxylic acids is 1. The van der Waals surface area contributed by atoms with Gasteiger partial charge in [-0.2, -0.15) is 0 Å². The lowest BCUT2D eigenvalue weighted by Crippen LogP contribution is -2.35. The molecule has 4 nitrogen and oxygen atoms in total. The average Bonchev–Trinajstić information content (AvgIpc) is 2.47. The monoisotopic (exact) mass is 222 g/mol. The predicted molar refractivity (Wildman–Crippen MR) is 58.0 cm³/mol. The number of rotatable bonds is 4. The number of likely N-dealkylation sites (N-methyl/N-ethyl adjacent to an activating group) is 2. The molecule has 1 heterocycles. The summed E-state index contributed by atoms with van der Waals surface area (Å²) in [4.78, 5) is 14.8. The summed E-state index contributed by atoms with van der Waals surface area (Å²) >= 11 is 0. The number of likely N-dealkylation sites (tertiary alicyclic amines) is 1. The molecule has 1 saturated heterocycles. The fraction of sp³-hybridized carbons (Fsp3) is 0.889. The molecule has 14 heavy (non-hydrogen) atoms. The van der Waals surface area contributed by atoms with Crippen molar-refractivity contribution in [2.75, 3.05) is 33.7 Å². The second-order valence-corrected chi connectivity index (χ2v) is 3.83. The van der Waals surface area contributed by atoms with Crippen LogP contribution in [0, 0.1) is 0 Å². The van der Waals surface area contributed by atoms with E-state index >= 15 is 0 Å². The van der Waals surface area contributed by atoms with Crippen LogP contribution in [0.1, 0.15) is 12.8 Å². The average molecular weight is 223 g/mol. The van der Waals surface area contributed by atoms with Crippen molar-refractivity contribution in [1.82, 2.24) is 9.80 Å². The van der Waals surface area contributed by atoms with Gasteiger partial charge in [0.25, 0.3) is 0 Å². The van der Waals surface area contributed by atoms with Crippen LogP contribution in [-0.4, -0.2) is 60.6 Å². The zero-order valence-corrected chi connectivity index (χ0v) is 9.59. The highest BCUT2D eigenvalue weighted by Crippen LogP contribution is 2.12. The van der Waals surface area contributed by atoms with Crippen molar-refractivity contribution in [2.24, 2.45) is 0 Å². The number of carbonyl (C=O) groups is 1.